The van der Waals surface area contributed by atoms with Gasteiger partial charge in [0, 0.05) is 11.8 Å². The van der Waals surface area contributed by atoms with Crippen LogP contribution in [-0.4, -0.2) is 44.6 Å². The maximum Gasteiger partial charge on any atom is 0.237 e. The van der Waals surface area contributed by atoms with Crippen LogP contribution in [0.4, 0.5) is 5.69 Å². The third-order valence-electron chi connectivity index (χ3n) is 4.48. The van der Waals surface area contributed by atoms with E-state index in [-0.39, 0.29) is 5.91 Å². The predicted molar refractivity (Wildman–Crippen MR) is 110 cm³/mol. The number of benzene rings is 2. The van der Waals surface area contributed by atoms with Gasteiger partial charge >= 0.3 is 0 Å². The number of nitrogens with zero attached hydrogens (tertiary/aromatic N) is 4. The number of anilines is 1. The predicted octanol–water partition coefficient (Wildman–Crippen LogP) is 3.17. The lowest BCUT2D eigenvalue weighted by Crippen LogP contribution is -2.23. The quantitative estimate of drug-likeness (QED) is 0.645. The van der Waals surface area contributed by atoms with Crippen molar-refractivity contribution in [3.63, 3.8) is 0 Å². The molecular weight excluding hydrogens is 390 g/mol. The summed E-state index contributed by atoms with van der Waals surface area (Å²) in [5.74, 6) is 1.17. The summed E-state index contributed by atoms with van der Waals surface area (Å²) in [6, 6.07) is 11.4. The summed E-state index contributed by atoms with van der Waals surface area (Å²) in [5, 5.41) is 15.0. The van der Waals surface area contributed by atoms with Gasteiger partial charge in [0.2, 0.25) is 11.1 Å². The van der Waals surface area contributed by atoms with Crippen LogP contribution in [0.15, 0.2) is 41.6 Å². The molecule has 1 aromatic heterocycles. The summed E-state index contributed by atoms with van der Waals surface area (Å²) < 4.78 is 12.7. The number of amides is 1. The van der Waals surface area contributed by atoms with Crippen molar-refractivity contribution in [1.29, 1.82) is 0 Å². The van der Waals surface area contributed by atoms with Crippen molar-refractivity contribution >= 4 is 23.4 Å². The number of ether oxygens (including phenoxy) is 2. The first-order valence-electron chi connectivity index (χ1n) is 9.24. The number of carbonyl (C=O) groups excluding carboxylic acids is 1. The maximum atomic E-state index is 12.7. The molecule has 8 nitrogen and oxygen atoms in total. The van der Waals surface area contributed by atoms with Crippen molar-refractivity contribution in [1.82, 2.24) is 20.2 Å². The molecule has 1 aliphatic rings. The van der Waals surface area contributed by atoms with Crippen LogP contribution in [0, 0.1) is 13.8 Å². The van der Waals surface area contributed by atoms with Crippen molar-refractivity contribution in [2.75, 3.05) is 18.5 Å². The minimum atomic E-state index is -0.404. The minimum absolute atomic E-state index is 0.151. The van der Waals surface area contributed by atoms with Gasteiger partial charge < -0.3 is 14.8 Å². The Balaban J connectivity index is 1.47. The number of carbonyl (C=O) groups is 1. The monoisotopic (exact) mass is 411 g/mol. The lowest BCUT2D eigenvalue weighted by Gasteiger charge is -2.19. The Morgan fingerprint density at radius 2 is 1.93 bits per heavy atom. The molecule has 1 atom stereocenters. The van der Waals surface area contributed by atoms with Gasteiger partial charge in [0.15, 0.2) is 11.5 Å². The van der Waals surface area contributed by atoms with Crippen molar-refractivity contribution < 1.29 is 14.3 Å². The number of thioether (sulfide) groups is 1. The van der Waals surface area contributed by atoms with Gasteiger partial charge in [-0.25, -0.2) is 0 Å². The Hall–Kier alpha value is -3.07. The molecule has 29 heavy (non-hydrogen) atoms. The fourth-order valence-corrected chi connectivity index (χ4v) is 3.82. The molecule has 0 aliphatic carbocycles. The fourth-order valence-electron chi connectivity index (χ4n) is 3.02. The highest BCUT2D eigenvalue weighted by Gasteiger charge is 2.21. The molecule has 3 aromatic rings. The van der Waals surface area contributed by atoms with Crippen LogP contribution in [0.25, 0.3) is 5.69 Å². The van der Waals surface area contributed by atoms with Crippen LogP contribution >= 0.6 is 11.8 Å². The van der Waals surface area contributed by atoms with E-state index in [0.717, 1.165) is 11.3 Å². The van der Waals surface area contributed by atoms with E-state index in [4.69, 9.17) is 9.47 Å². The average molecular weight is 411 g/mol. The number of rotatable bonds is 5. The zero-order valence-corrected chi connectivity index (χ0v) is 17.2. The van der Waals surface area contributed by atoms with E-state index in [1.54, 1.807) is 22.9 Å². The average Bonchev–Trinajstić information content (AvgIpc) is 3.15. The van der Waals surface area contributed by atoms with E-state index in [2.05, 4.69) is 26.9 Å². The molecule has 2 aromatic carbocycles. The van der Waals surface area contributed by atoms with E-state index in [0.29, 0.717) is 35.6 Å². The second kappa shape index (κ2) is 8.12. The van der Waals surface area contributed by atoms with Gasteiger partial charge in [0.25, 0.3) is 0 Å². The molecule has 150 valence electrons. The molecule has 0 radical (unpaired) electrons. The standard InChI is InChI=1S/C20H21N5O3S/c1-12-4-6-16(13(2)10-12)25-20(22-23-24-25)29-14(3)19(26)21-15-5-7-17-18(11-15)28-9-8-27-17/h4-7,10-11,14H,8-9H2,1-3H3,(H,21,26)/t14-/m1/s1. The van der Waals surface area contributed by atoms with Crippen molar-refractivity contribution in [2.45, 2.75) is 31.2 Å². The summed E-state index contributed by atoms with van der Waals surface area (Å²) in [7, 11) is 0. The number of hydrogen-bond acceptors (Lipinski definition) is 7. The van der Waals surface area contributed by atoms with Gasteiger partial charge in [0.05, 0.1) is 10.9 Å². The SMILES string of the molecule is Cc1ccc(-n2nnnc2S[C@H](C)C(=O)Nc2ccc3c(c2)OCCO3)c(C)c1. The first-order chi connectivity index (χ1) is 14.0. The second-order valence-electron chi connectivity index (χ2n) is 6.77. The minimum Gasteiger partial charge on any atom is -0.486 e. The van der Waals surface area contributed by atoms with E-state index < -0.39 is 5.25 Å². The Labute approximate surface area is 172 Å². The summed E-state index contributed by atoms with van der Waals surface area (Å²) in [5.41, 5.74) is 3.77. The molecule has 0 saturated carbocycles. The van der Waals surface area contributed by atoms with Crippen LogP contribution in [0.2, 0.25) is 0 Å². The van der Waals surface area contributed by atoms with Crippen molar-refractivity contribution in [2.24, 2.45) is 0 Å². The lowest BCUT2D eigenvalue weighted by atomic mass is 10.1. The number of hydrogen-bond donors (Lipinski definition) is 1. The molecule has 1 amide bonds. The smallest absolute Gasteiger partial charge is 0.237 e. The lowest BCUT2D eigenvalue weighted by molar-refractivity contribution is -0.115. The number of aromatic nitrogens is 4. The van der Waals surface area contributed by atoms with Crippen LogP contribution < -0.4 is 14.8 Å². The van der Waals surface area contributed by atoms with E-state index in [1.165, 1.54) is 17.3 Å². The third-order valence-corrected chi connectivity index (χ3v) is 5.52. The van der Waals surface area contributed by atoms with Gasteiger partial charge in [-0.3, -0.25) is 4.79 Å². The van der Waals surface area contributed by atoms with Crippen LogP contribution in [-0.2, 0) is 4.79 Å². The summed E-state index contributed by atoms with van der Waals surface area (Å²) in [6.45, 7) is 6.89. The molecule has 4 rings (SSSR count). The summed E-state index contributed by atoms with van der Waals surface area (Å²) >= 11 is 1.30. The van der Waals surface area contributed by atoms with E-state index in [9.17, 15) is 4.79 Å². The third kappa shape index (κ3) is 4.19. The highest BCUT2D eigenvalue weighted by molar-refractivity contribution is 8.00. The Morgan fingerprint density at radius 1 is 1.14 bits per heavy atom. The molecule has 0 fully saturated rings. The molecule has 0 bridgehead atoms. The largest absolute Gasteiger partial charge is 0.486 e. The number of aryl methyl sites for hydroxylation is 2. The number of fused-ring (bicyclic) bond motifs is 1. The summed E-state index contributed by atoms with van der Waals surface area (Å²) in [6.07, 6.45) is 0. The molecule has 2 heterocycles. The Kier molecular flexibility index (Phi) is 5.39. The zero-order chi connectivity index (χ0) is 20.4. The van der Waals surface area contributed by atoms with E-state index in [1.807, 2.05) is 32.9 Å². The van der Waals surface area contributed by atoms with Gasteiger partial charge in [-0.1, -0.05) is 29.5 Å². The molecule has 0 unspecified atom stereocenters. The first kappa shape index (κ1) is 19.3. The van der Waals surface area contributed by atoms with Crippen LogP contribution in [0.5, 0.6) is 11.5 Å². The van der Waals surface area contributed by atoms with E-state index >= 15 is 0 Å². The molecular formula is C20H21N5O3S. The normalized spacial score (nSPS) is 13.8. The van der Waals surface area contributed by atoms with Gasteiger partial charge in [-0.15, -0.1) is 5.10 Å². The topological polar surface area (TPSA) is 91.2 Å². The highest BCUT2D eigenvalue weighted by atomic mass is 32.2. The van der Waals surface area contributed by atoms with Crippen LogP contribution in [0.1, 0.15) is 18.1 Å². The fraction of sp³-hybridized carbons (Fsp3) is 0.300. The van der Waals surface area contributed by atoms with Gasteiger partial charge in [0.1, 0.15) is 13.2 Å². The van der Waals surface area contributed by atoms with Crippen molar-refractivity contribution in [3.05, 3.63) is 47.5 Å². The molecule has 0 saturated heterocycles. The summed E-state index contributed by atoms with van der Waals surface area (Å²) in [4.78, 5) is 12.7. The van der Waals surface area contributed by atoms with Gasteiger partial charge in [-0.05, 0) is 55.0 Å². The van der Waals surface area contributed by atoms with Crippen molar-refractivity contribution in [3.8, 4) is 17.2 Å². The number of nitrogens with one attached hydrogen (secondary N) is 1. The Morgan fingerprint density at radius 3 is 2.72 bits per heavy atom. The van der Waals surface area contributed by atoms with Crippen LogP contribution in [0.3, 0.4) is 0 Å². The molecule has 9 heteroatoms. The molecule has 1 N–H and O–H groups in total. The number of tetrazole rings is 1. The maximum absolute atomic E-state index is 12.7. The molecule has 0 spiro atoms. The van der Waals surface area contributed by atoms with Gasteiger partial charge in [-0.2, -0.15) is 4.68 Å². The second-order valence-corrected chi connectivity index (χ2v) is 8.08. The highest BCUT2D eigenvalue weighted by Crippen LogP contribution is 2.33. The molecule has 1 aliphatic heterocycles. The Bertz CT molecular complexity index is 1050. The zero-order valence-electron chi connectivity index (χ0n) is 16.4. The first-order valence-corrected chi connectivity index (χ1v) is 10.1.